The lowest BCUT2D eigenvalue weighted by Crippen LogP contribution is -2.40. The van der Waals surface area contributed by atoms with Gasteiger partial charge in [-0.2, -0.15) is 4.98 Å². The summed E-state index contributed by atoms with van der Waals surface area (Å²) in [6, 6.07) is 6.23. The highest BCUT2D eigenvalue weighted by molar-refractivity contribution is 5.95. The number of hydrogen-bond donors (Lipinski definition) is 2. The number of ether oxygens (including phenoxy) is 2. The van der Waals surface area contributed by atoms with E-state index in [1.165, 1.54) is 18.2 Å². The molecule has 1 aromatic carbocycles. The quantitative estimate of drug-likeness (QED) is 0.748. The summed E-state index contributed by atoms with van der Waals surface area (Å²) in [5.41, 5.74) is 1.15. The molecule has 4 rings (SSSR count). The summed E-state index contributed by atoms with van der Waals surface area (Å²) < 4.78 is 35.1. The van der Waals surface area contributed by atoms with Crippen LogP contribution in [-0.2, 0) is 0 Å². The third-order valence-electron chi connectivity index (χ3n) is 5.32. The summed E-state index contributed by atoms with van der Waals surface area (Å²) in [6.45, 7) is 1.93. The van der Waals surface area contributed by atoms with Crippen LogP contribution in [0.3, 0.4) is 0 Å². The molecule has 0 spiro atoms. The number of carbonyl (C=O) groups is 1. The first-order valence-electron chi connectivity index (χ1n) is 10.2. The minimum atomic E-state index is -3.70. The van der Waals surface area contributed by atoms with Gasteiger partial charge in [0.25, 0.3) is 5.91 Å². The molecule has 1 fully saturated rings. The molecular formula is C21H25F2N5O3. The van der Waals surface area contributed by atoms with E-state index in [2.05, 4.69) is 30.1 Å². The van der Waals surface area contributed by atoms with E-state index in [9.17, 15) is 13.6 Å². The third kappa shape index (κ3) is 4.95. The van der Waals surface area contributed by atoms with Crippen molar-refractivity contribution in [3.05, 3.63) is 35.5 Å². The van der Waals surface area contributed by atoms with E-state index in [-0.39, 0.29) is 35.1 Å². The third-order valence-corrected chi connectivity index (χ3v) is 5.32. The first-order chi connectivity index (χ1) is 14.7. The molecule has 8 nitrogen and oxygen atoms in total. The monoisotopic (exact) mass is 433 g/mol. The van der Waals surface area contributed by atoms with Gasteiger partial charge in [0.05, 0.1) is 0 Å². The lowest BCUT2D eigenvalue weighted by molar-refractivity contribution is -0.286. The standard InChI is InChI=1S/C21H25F2N5O3/c1-12-10-18(27-20(24-12)28(2)3)25-14-5-7-15(8-6-14)26-19(29)13-4-9-16-17(11-13)31-21(22,23)30-16/h4,9-11,14-15H,5-8H2,1-3H3,(H,26,29)(H,24,25,27). The normalized spacial score (nSPS) is 21.5. The Bertz CT molecular complexity index is 977. The van der Waals surface area contributed by atoms with Gasteiger partial charge in [-0.05, 0) is 50.8 Å². The molecule has 2 aromatic rings. The molecular weight excluding hydrogens is 408 g/mol. The average molecular weight is 433 g/mol. The highest BCUT2D eigenvalue weighted by Gasteiger charge is 2.43. The second kappa shape index (κ2) is 8.16. The largest absolute Gasteiger partial charge is 0.586 e. The molecule has 10 heteroatoms. The molecule has 1 aromatic heterocycles. The van der Waals surface area contributed by atoms with E-state index >= 15 is 0 Å². The maximum atomic E-state index is 13.2. The second-order valence-corrected chi connectivity index (χ2v) is 8.08. The zero-order valence-corrected chi connectivity index (χ0v) is 17.6. The van der Waals surface area contributed by atoms with Crippen molar-refractivity contribution < 1.29 is 23.0 Å². The van der Waals surface area contributed by atoms with Gasteiger partial charge in [0.1, 0.15) is 5.82 Å². The molecule has 2 N–H and O–H groups in total. The van der Waals surface area contributed by atoms with Crippen LogP contribution in [0.1, 0.15) is 41.7 Å². The van der Waals surface area contributed by atoms with Crippen LogP contribution in [-0.4, -0.2) is 48.3 Å². The molecule has 0 atom stereocenters. The lowest BCUT2D eigenvalue weighted by atomic mass is 9.91. The zero-order valence-electron chi connectivity index (χ0n) is 17.6. The first-order valence-corrected chi connectivity index (χ1v) is 10.2. The highest BCUT2D eigenvalue weighted by atomic mass is 19.3. The molecule has 0 radical (unpaired) electrons. The zero-order chi connectivity index (χ0) is 22.2. The minimum absolute atomic E-state index is 0.0156. The van der Waals surface area contributed by atoms with Crippen LogP contribution in [0.2, 0.25) is 0 Å². The molecule has 1 aliphatic heterocycles. The topological polar surface area (TPSA) is 88.6 Å². The van der Waals surface area contributed by atoms with Crippen LogP contribution < -0.4 is 25.0 Å². The minimum Gasteiger partial charge on any atom is -0.395 e. The Hall–Kier alpha value is -3.17. The van der Waals surface area contributed by atoms with Crippen molar-refractivity contribution in [1.29, 1.82) is 0 Å². The van der Waals surface area contributed by atoms with Crippen molar-refractivity contribution in [2.45, 2.75) is 51.0 Å². The summed E-state index contributed by atoms with van der Waals surface area (Å²) in [7, 11) is 3.80. The van der Waals surface area contributed by atoms with Crippen LogP contribution in [0.5, 0.6) is 11.5 Å². The van der Waals surface area contributed by atoms with Crippen molar-refractivity contribution in [3.8, 4) is 11.5 Å². The number of benzene rings is 1. The first kappa shape index (κ1) is 21.1. The molecule has 2 heterocycles. The molecule has 166 valence electrons. The highest BCUT2D eigenvalue weighted by Crippen LogP contribution is 2.41. The van der Waals surface area contributed by atoms with Gasteiger partial charge in [0.15, 0.2) is 11.5 Å². The van der Waals surface area contributed by atoms with Gasteiger partial charge in [-0.25, -0.2) is 4.98 Å². The summed E-state index contributed by atoms with van der Waals surface area (Å²) in [6.07, 6.45) is -0.344. The number of halogens is 2. The van der Waals surface area contributed by atoms with E-state index in [1.54, 1.807) is 0 Å². The van der Waals surface area contributed by atoms with E-state index < -0.39 is 6.29 Å². The van der Waals surface area contributed by atoms with Crippen molar-refractivity contribution in [1.82, 2.24) is 15.3 Å². The maximum Gasteiger partial charge on any atom is 0.586 e. The van der Waals surface area contributed by atoms with Crippen LogP contribution in [0.15, 0.2) is 24.3 Å². The number of alkyl halides is 2. The van der Waals surface area contributed by atoms with Crippen LogP contribution in [0.25, 0.3) is 0 Å². The predicted molar refractivity (Wildman–Crippen MR) is 111 cm³/mol. The van der Waals surface area contributed by atoms with Crippen molar-refractivity contribution >= 4 is 17.7 Å². The summed E-state index contributed by atoms with van der Waals surface area (Å²) >= 11 is 0. The number of rotatable bonds is 5. The van der Waals surface area contributed by atoms with Gasteiger partial charge in [-0.3, -0.25) is 4.79 Å². The number of nitrogens with zero attached hydrogens (tertiary/aromatic N) is 3. The Balaban J connectivity index is 1.30. The van der Waals surface area contributed by atoms with Gasteiger partial charge in [-0.1, -0.05) is 0 Å². The number of fused-ring (bicyclic) bond motifs is 1. The number of carbonyl (C=O) groups excluding carboxylic acids is 1. The molecule has 1 saturated carbocycles. The van der Waals surface area contributed by atoms with Gasteiger partial charge in [0.2, 0.25) is 5.95 Å². The summed E-state index contributed by atoms with van der Waals surface area (Å²) in [5.74, 6) is 0.916. The van der Waals surface area contributed by atoms with Crippen molar-refractivity contribution in [3.63, 3.8) is 0 Å². The Morgan fingerprint density at radius 3 is 2.45 bits per heavy atom. The second-order valence-electron chi connectivity index (χ2n) is 8.08. The molecule has 2 aliphatic rings. The Morgan fingerprint density at radius 1 is 1.06 bits per heavy atom. The number of aromatic nitrogens is 2. The molecule has 31 heavy (non-hydrogen) atoms. The number of amides is 1. The lowest BCUT2D eigenvalue weighted by Gasteiger charge is -2.30. The van der Waals surface area contributed by atoms with E-state index in [4.69, 9.17) is 0 Å². The van der Waals surface area contributed by atoms with Crippen LogP contribution >= 0.6 is 0 Å². The molecule has 1 aliphatic carbocycles. The molecule has 0 bridgehead atoms. The van der Waals surface area contributed by atoms with Gasteiger partial charge >= 0.3 is 6.29 Å². The number of hydrogen-bond acceptors (Lipinski definition) is 7. The van der Waals surface area contributed by atoms with E-state index in [0.717, 1.165) is 37.2 Å². The fraction of sp³-hybridized carbons (Fsp3) is 0.476. The van der Waals surface area contributed by atoms with Crippen LogP contribution in [0, 0.1) is 6.92 Å². The number of aryl methyl sites for hydroxylation is 1. The van der Waals surface area contributed by atoms with Crippen molar-refractivity contribution in [2.75, 3.05) is 24.3 Å². The van der Waals surface area contributed by atoms with E-state index in [1.807, 2.05) is 32.0 Å². The average Bonchev–Trinajstić information content (AvgIpc) is 3.01. The fourth-order valence-corrected chi connectivity index (χ4v) is 3.78. The smallest absolute Gasteiger partial charge is 0.395 e. The Labute approximate surface area is 179 Å². The Morgan fingerprint density at radius 2 is 1.74 bits per heavy atom. The summed E-state index contributed by atoms with van der Waals surface area (Å²) in [5, 5.41) is 6.45. The fourth-order valence-electron chi connectivity index (χ4n) is 3.78. The van der Waals surface area contributed by atoms with Crippen molar-refractivity contribution in [2.24, 2.45) is 0 Å². The SMILES string of the molecule is Cc1cc(NC2CCC(NC(=O)c3ccc4c(c3)OC(F)(F)O4)CC2)nc(N(C)C)n1. The van der Waals surface area contributed by atoms with Gasteiger partial charge < -0.3 is 25.0 Å². The summed E-state index contributed by atoms with van der Waals surface area (Å²) in [4.78, 5) is 23.3. The molecule has 0 saturated heterocycles. The predicted octanol–water partition coefficient (Wildman–Crippen LogP) is 3.33. The maximum absolute atomic E-state index is 13.2. The van der Waals surface area contributed by atoms with Crippen LogP contribution in [0.4, 0.5) is 20.5 Å². The van der Waals surface area contributed by atoms with Gasteiger partial charge in [0, 0.05) is 43.5 Å². The number of nitrogens with one attached hydrogen (secondary N) is 2. The Kier molecular flexibility index (Phi) is 5.55. The molecule has 1 amide bonds. The number of anilines is 2. The van der Waals surface area contributed by atoms with Gasteiger partial charge in [-0.15, -0.1) is 8.78 Å². The van der Waals surface area contributed by atoms with E-state index in [0.29, 0.717) is 5.95 Å². The molecule has 0 unspecified atom stereocenters.